The predicted molar refractivity (Wildman–Crippen MR) is 58.3 cm³/mol. The van der Waals surface area contributed by atoms with E-state index in [2.05, 4.69) is 6.58 Å². The summed E-state index contributed by atoms with van der Waals surface area (Å²) >= 11 is 0. The van der Waals surface area contributed by atoms with Gasteiger partial charge >= 0.3 is 5.97 Å². The van der Waals surface area contributed by atoms with E-state index < -0.39 is 6.10 Å². The van der Waals surface area contributed by atoms with Crippen molar-refractivity contribution in [3.05, 3.63) is 24.3 Å². The summed E-state index contributed by atoms with van der Waals surface area (Å²) in [4.78, 5) is 11.0. The van der Waals surface area contributed by atoms with Crippen molar-refractivity contribution in [2.45, 2.75) is 44.8 Å². The van der Waals surface area contributed by atoms with Gasteiger partial charge in [0.15, 0.2) is 0 Å². The largest absolute Gasteiger partial charge is 0.462 e. The molecule has 0 spiro atoms. The Labute approximate surface area is 90.4 Å². The molecule has 2 atom stereocenters. The van der Waals surface area contributed by atoms with Crippen molar-refractivity contribution in [3.63, 3.8) is 0 Å². The second kappa shape index (κ2) is 5.71. The van der Waals surface area contributed by atoms with E-state index >= 15 is 0 Å². The number of carbonyl (C=O) groups is 1. The second-order valence-electron chi connectivity index (χ2n) is 3.99. The van der Waals surface area contributed by atoms with Crippen LogP contribution in [-0.2, 0) is 9.53 Å². The molecular formula is C12H18O3. The fraction of sp³-hybridized carbons (Fsp3) is 0.583. The average Bonchev–Trinajstić information content (AvgIpc) is 2.14. The van der Waals surface area contributed by atoms with Crippen LogP contribution in [0.25, 0.3) is 0 Å². The number of ether oxygens (including phenoxy) is 1. The van der Waals surface area contributed by atoms with Gasteiger partial charge in [0.1, 0.15) is 6.10 Å². The first kappa shape index (κ1) is 12.0. The van der Waals surface area contributed by atoms with Crippen molar-refractivity contribution in [2.24, 2.45) is 0 Å². The predicted octanol–water partition coefficient (Wildman–Crippen LogP) is 1.97. The molecule has 0 aromatic heterocycles. The molecule has 15 heavy (non-hydrogen) atoms. The first-order valence-electron chi connectivity index (χ1n) is 5.27. The van der Waals surface area contributed by atoms with Crippen LogP contribution in [0.2, 0.25) is 0 Å². The van der Waals surface area contributed by atoms with Crippen molar-refractivity contribution >= 4 is 5.97 Å². The van der Waals surface area contributed by atoms with E-state index in [1.807, 2.05) is 13.0 Å². The third-order valence-electron chi connectivity index (χ3n) is 2.50. The van der Waals surface area contributed by atoms with E-state index in [4.69, 9.17) is 4.74 Å². The zero-order valence-electron chi connectivity index (χ0n) is 9.11. The van der Waals surface area contributed by atoms with Gasteiger partial charge in [0.25, 0.3) is 0 Å². The first-order valence-corrected chi connectivity index (χ1v) is 5.27. The van der Waals surface area contributed by atoms with Gasteiger partial charge in [0.2, 0.25) is 0 Å². The minimum Gasteiger partial charge on any atom is -0.462 e. The number of hydrogen-bond donors (Lipinski definition) is 1. The van der Waals surface area contributed by atoms with Gasteiger partial charge in [-0.2, -0.15) is 0 Å². The Morgan fingerprint density at radius 2 is 2.47 bits per heavy atom. The van der Waals surface area contributed by atoms with Crippen molar-refractivity contribution in [1.29, 1.82) is 0 Å². The van der Waals surface area contributed by atoms with E-state index in [1.165, 1.54) is 5.57 Å². The zero-order chi connectivity index (χ0) is 11.3. The highest BCUT2D eigenvalue weighted by Crippen LogP contribution is 2.20. The van der Waals surface area contributed by atoms with Gasteiger partial charge in [0, 0.05) is 6.42 Å². The summed E-state index contributed by atoms with van der Waals surface area (Å²) in [5.41, 5.74) is 1.21. The van der Waals surface area contributed by atoms with Gasteiger partial charge in [-0.25, -0.2) is 0 Å². The van der Waals surface area contributed by atoms with E-state index in [0.29, 0.717) is 6.42 Å². The molecule has 1 heterocycles. The molecule has 3 nitrogen and oxygen atoms in total. The van der Waals surface area contributed by atoms with Crippen molar-refractivity contribution in [3.8, 4) is 0 Å². The molecule has 1 aliphatic heterocycles. The molecule has 1 N–H and O–H groups in total. The number of carbonyl (C=O) groups excluding carboxylic acids is 1. The lowest BCUT2D eigenvalue weighted by atomic mass is 9.99. The van der Waals surface area contributed by atoms with Crippen molar-refractivity contribution in [2.75, 3.05) is 0 Å². The number of hydrogen-bond acceptors (Lipinski definition) is 3. The third kappa shape index (κ3) is 4.30. The van der Waals surface area contributed by atoms with Crippen molar-refractivity contribution in [1.82, 2.24) is 0 Å². The van der Waals surface area contributed by atoms with Crippen LogP contribution in [0.15, 0.2) is 24.3 Å². The van der Waals surface area contributed by atoms with E-state index in [9.17, 15) is 9.90 Å². The molecule has 1 aliphatic rings. The average molecular weight is 210 g/mol. The Hall–Kier alpha value is -1.09. The molecule has 0 bridgehead atoms. The lowest BCUT2D eigenvalue weighted by molar-refractivity contribution is -0.160. The Bertz CT molecular complexity index is 268. The fourth-order valence-electron chi connectivity index (χ4n) is 1.71. The van der Waals surface area contributed by atoms with Crippen LogP contribution in [0.4, 0.5) is 0 Å². The summed E-state index contributed by atoms with van der Waals surface area (Å²) < 4.78 is 5.13. The van der Waals surface area contributed by atoms with Gasteiger partial charge in [-0.1, -0.05) is 24.3 Å². The number of aliphatic hydroxyl groups is 1. The highest BCUT2D eigenvalue weighted by molar-refractivity contribution is 5.70. The van der Waals surface area contributed by atoms with Crippen LogP contribution in [0.3, 0.4) is 0 Å². The Morgan fingerprint density at radius 3 is 3.07 bits per heavy atom. The molecule has 0 saturated carbocycles. The van der Waals surface area contributed by atoms with E-state index in [1.54, 1.807) is 6.08 Å². The summed E-state index contributed by atoms with van der Waals surface area (Å²) in [5, 5.41) is 9.39. The smallest absolute Gasteiger partial charge is 0.308 e. The second-order valence-corrected chi connectivity index (χ2v) is 3.99. The number of allylic oxidation sites excluding steroid dienone is 3. The molecule has 84 valence electrons. The van der Waals surface area contributed by atoms with Crippen LogP contribution in [0.5, 0.6) is 0 Å². The Morgan fingerprint density at radius 1 is 1.73 bits per heavy atom. The van der Waals surface area contributed by atoms with Gasteiger partial charge < -0.3 is 9.84 Å². The highest BCUT2D eigenvalue weighted by atomic mass is 16.5. The molecule has 1 rings (SSSR count). The fourth-order valence-corrected chi connectivity index (χ4v) is 1.71. The van der Waals surface area contributed by atoms with E-state index in [-0.39, 0.29) is 18.5 Å². The summed E-state index contributed by atoms with van der Waals surface area (Å²) in [5.74, 6) is -0.288. The lowest BCUT2D eigenvalue weighted by Crippen LogP contribution is -2.32. The molecule has 0 aromatic rings. The van der Waals surface area contributed by atoms with Gasteiger partial charge in [-0.05, 0) is 19.8 Å². The zero-order valence-corrected chi connectivity index (χ0v) is 9.11. The maximum Gasteiger partial charge on any atom is 0.308 e. The monoisotopic (exact) mass is 210 g/mol. The van der Waals surface area contributed by atoms with Gasteiger partial charge in [-0.3, -0.25) is 4.79 Å². The van der Waals surface area contributed by atoms with Crippen LogP contribution in [0, 0.1) is 0 Å². The van der Waals surface area contributed by atoms with Gasteiger partial charge in [-0.15, -0.1) is 0 Å². The number of cyclic esters (lactones) is 1. The van der Waals surface area contributed by atoms with Crippen LogP contribution in [0.1, 0.15) is 32.6 Å². The maximum absolute atomic E-state index is 11.0. The molecular weight excluding hydrogens is 192 g/mol. The summed E-state index contributed by atoms with van der Waals surface area (Å²) in [7, 11) is 0. The normalized spacial score (nSPS) is 27.3. The number of rotatable bonds is 4. The van der Waals surface area contributed by atoms with Crippen LogP contribution >= 0.6 is 0 Å². The summed E-state index contributed by atoms with van der Waals surface area (Å²) in [6.07, 6.45) is 5.38. The van der Waals surface area contributed by atoms with Crippen LogP contribution < -0.4 is 0 Å². The summed E-state index contributed by atoms with van der Waals surface area (Å²) in [6.45, 7) is 5.63. The molecule has 0 radical (unpaired) electrons. The molecule has 0 aliphatic carbocycles. The molecule has 0 amide bonds. The number of aliphatic hydroxyl groups excluding tert-OH is 1. The number of esters is 1. The molecule has 0 unspecified atom stereocenters. The lowest BCUT2D eigenvalue weighted by Gasteiger charge is -2.25. The SMILES string of the molecule is C=C/C=C(\C)CC[C@H]1C[C@@H](O)CC(=O)O1. The van der Waals surface area contributed by atoms with Crippen molar-refractivity contribution < 1.29 is 14.6 Å². The Balaban J connectivity index is 2.35. The van der Waals surface area contributed by atoms with Gasteiger partial charge in [0.05, 0.1) is 12.5 Å². The highest BCUT2D eigenvalue weighted by Gasteiger charge is 2.26. The third-order valence-corrected chi connectivity index (χ3v) is 2.50. The molecule has 0 aromatic carbocycles. The first-order chi connectivity index (χ1) is 7.11. The quantitative estimate of drug-likeness (QED) is 0.570. The Kier molecular flexibility index (Phi) is 4.56. The van der Waals surface area contributed by atoms with Crippen LogP contribution in [-0.4, -0.2) is 23.3 Å². The topological polar surface area (TPSA) is 46.5 Å². The molecule has 1 fully saturated rings. The minimum atomic E-state index is -0.528. The molecule has 3 heteroatoms. The van der Waals surface area contributed by atoms with E-state index in [0.717, 1.165) is 12.8 Å². The standard InChI is InChI=1S/C12H18O3/c1-3-4-9(2)5-6-11-7-10(13)8-12(14)15-11/h3-4,10-11,13H,1,5-8H2,2H3/b9-4+/t10-,11+/m1/s1. The summed E-state index contributed by atoms with van der Waals surface area (Å²) in [6, 6.07) is 0. The maximum atomic E-state index is 11.0. The minimum absolute atomic E-state index is 0.130. The molecule has 1 saturated heterocycles.